The van der Waals surface area contributed by atoms with Gasteiger partial charge in [-0.25, -0.2) is 14.1 Å². The first-order chi connectivity index (χ1) is 14.9. The van der Waals surface area contributed by atoms with Crippen molar-refractivity contribution in [2.75, 3.05) is 4.90 Å². The average molecular weight is 414 g/mol. The Bertz CT molecular complexity index is 1220. The highest BCUT2D eigenvalue weighted by molar-refractivity contribution is 6.39. The van der Waals surface area contributed by atoms with Crippen molar-refractivity contribution < 1.29 is 18.8 Å². The molecule has 4 amide bonds. The van der Waals surface area contributed by atoms with Crippen molar-refractivity contribution in [3.05, 3.63) is 106 Å². The van der Waals surface area contributed by atoms with Crippen LogP contribution >= 0.6 is 0 Å². The Morgan fingerprint density at radius 3 is 2.39 bits per heavy atom. The second-order valence-corrected chi connectivity index (χ2v) is 7.31. The SMILES string of the molecule is Cc1cccc(N2C(=O)NC(=O)/C(=C\c3ccc(Cc4ccccc4F)cc3)C2=O)c1. The number of amides is 4. The molecule has 154 valence electrons. The van der Waals surface area contributed by atoms with Crippen LogP contribution in [0.5, 0.6) is 0 Å². The van der Waals surface area contributed by atoms with E-state index in [1.165, 1.54) is 12.1 Å². The van der Waals surface area contributed by atoms with Crippen molar-refractivity contribution in [1.82, 2.24) is 5.32 Å². The number of halogens is 1. The summed E-state index contributed by atoms with van der Waals surface area (Å²) in [7, 11) is 0. The molecule has 1 saturated heterocycles. The summed E-state index contributed by atoms with van der Waals surface area (Å²) in [5, 5.41) is 2.22. The molecular weight excluding hydrogens is 395 g/mol. The third-order valence-corrected chi connectivity index (χ3v) is 5.00. The molecule has 0 radical (unpaired) electrons. The molecule has 0 spiro atoms. The second-order valence-electron chi connectivity index (χ2n) is 7.31. The summed E-state index contributed by atoms with van der Waals surface area (Å²) < 4.78 is 13.9. The Kier molecular flexibility index (Phi) is 5.45. The van der Waals surface area contributed by atoms with Gasteiger partial charge in [0.25, 0.3) is 11.8 Å². The molecule has 4 rings (SSSR count). The maximum atomic E-state index is 13.9. The van der Waals surface area contributed by atoms with Gasteiger partial charge in [0.15, 0.2) is 0 Å². The van der Waals surface area contributed by atoms with Crippen LogP contribution in [-0.4, -0.2) is 17.8 Å². The Hall–Kier alpha value is -4.06. The Morgan fingerprint density at radius 1 is 0.935 bits per heavy atom. The van der Waals surface area contributed by atoms with Crippen LogP contribution in [0.3, 0.4) is 0 Å². The minimum Gasteiger partial charge on any atom is -0.273 e. The second kappa shape index (κ2) is 8.36. The summed E-state index contributed by atoms with van der Waals surface area (Å²) in [6.45, 7) is 1.85. The number of barbiturate groups is 1. The fourth-order valence-corrected chi connectivity index (χ4v) is 3.42. The van der Waals surface area contributed by atoms with E-state index in [9.17, 15) is 18.8 Å². The molecule has 3 aromatic rings. The maximum Gasteiger partial charge on any atom is 0.335 e. The number of carbonyl (C=O) groups is 3. The van der Waals surface area contributed by atoms with E-state index >= 15 is 0 Å². The molecule has 0 bridgehead atoms. The molecule has 1 N–H and O–H groups in total. The van der Waals surface area contributed by atoms with Crippen molar-refractivity contribution in [2.24, 2.45) is 0 Å². The maximum absolute atomic E-state index is 13.9. The molecular formula is C25H19FN2O3. The standard InChI is InChI=1S/C25H19FN2O3/c1-16-5-4-7-20(13-16)28-24(30)21(23(29)27-25(28)31)15-18-11-9-17(10-12-18)14-19-6-2-3-8-22(19)26/h2-13,15H,14H2,1H3,(H,27,29,31)/b21-15+. The lowest BCUT2D eigenvalue weighted by Gasteiger charge is -2.26. The van der Waals surface area contributed by atoms with Crippen LogP contribution < -0.4 is 10.2 Å². The summed E-state index contributed by atoms with van der Waals surface area (Å²) in [6, 6.07) is 19.8. The first-order valence-corrected chi connectivity index (χ1v) is 9.73. The highest BCUT2D eigenvalue weighted by Gasteiger charge is 2.36. The first-order valence-electron chi connectivity index (χ1n) is 9.73. The van der Waals surface area contributed by atoms with Gasteiger partial charge in [0.05, 0.1) is 5.69 Å². The fraction of sp³-hybridized carbons (Fsp3) is 0.0800. The first kappa shape index (κ1) is 20.2. The Morgan fingerprint density at radius 2 is 1.68 bits per heavy atom. The Balaban J connectivity index is 1.59. The van der Waals surface area contributed by atoms with Crippen LogP contribution in [0.1, 0.15) is 22.3 Å². The van der Waals surface area contributed by atoms with Crippen molar-refractivity contribution in [1.29, 1.82) is 0 Å². The zero-order chi connectivity index (χ0) is 22.0. The van der Waals surface area contributed by atoms with Gasteiger partial charge in [-0.3, -0.25) is 14.9 Å². The van der Waals surface area contributed by atoms with Crippen LogP contribution in [-0.2, 0) is 16.0 Å². The van der Waals surface area contributed by atoms with E-state index < -0.39 is 17.8 Å². The number of anilines is 1. The third-order valence-electron chi connectivity index (χ3n) is 5.00. The van der Waals surface area contributed by atoms with E-state index in [0.717, 1.165) is 16.0 Å². The summed E-state index contributed by atoms with van der Waals surface area (Å²) in [5.41, 5.74) is 3.23. The number of urea groups is 1. The number of aryl methyl sites for hydroxylation is 1. The summed E-state index contributed by atoms with van der Waals surface area (Å²) in [5.74, 6) is -1.69. The summed E-state index contributed by atoms with van der Waals surface area (Å²) in [6.07, 6.45) is 1.87. The van der Waals surface area contributed by atoms with E-state index in [2.05, 4.69) is 5.32 Å². The molecule has 0 unspecified atom stereocenters. The van der Waals surface area contributed by atoms with E-state index in [4.69, 9.17) is 0 Å². The highest BCUT2D eigenvalue weighted by Crippen LogP contribution is 2.23. The number of benzene rings is 3. The minimum atomic E-state index is -0.780. The van der Waals surface area contributed by atoms with Crippen LogP contribution in [0.25, 0.3) is 6.08 Å². The third kappa shape index (κ3) is 4.28. The molecule has 1 aliphatic heterocycles. The number of nitrogens with zero attached hydrogens (tertiary/aromatic N) is 1. The smallest absolute Gasteiger partial charge is 0.273 e. The molecule has 5 nitrogen and oxygen atoms in total. The molecule has 6 heteroatoms. The average Bonchev–Trinajstić information content (AvgIpc) is 2.74. The van der Waals surface area contributed by atoms with Gasteiger partial charge in [0.1, 0.15) is 11.4 Å². The molecule has 0 aromatic heterocycles. The largest absolute Gasteiger partial charge is 0.335 e. The van der Waals surface area contributed by atoms with Crippen LogP contribution in [0.15, 0.2) is 78.4 Å². The number of hydrogen-bond acceptors (Lipinski definition) is 3. The van der Waals surface area contributed by atoms with Gasteiger partial charge in [0, 0.05) is 6.42 Å². The lowest BCUT2D eigenvalue weighted by atomic mass is 10.0. The van der Waals surface area contributed by atoms with E-state index in [1.54, 1.807) is 48.5 Å². The van der Waals surface area contributed by atoms with Gasteiger partial charge in [-0.2, -0.15) is 0 Å². The van der Waals surface area contributed by atoms with Gasteiger partial charge in [-0.15, -0.1) is 0 Å². The Labute approximate surface area is 178 Å². The van der Waals surface area contributed by atoms with Crippen molar-refractivity contribution in [2.45, 2.75) is 13.3 Å². The van der Waals surface area contributed by atoms with Crippen LogP contribution in [0.2, 0.25) is 0 Å². The number of imide groups is 2. The molecule has 1 heterocycles. The van der Waals surface area contributed by atoms with Crippen molar-refractivity contribution in [3.63, 3.8) is 0 Å². The van der Waals surface area contributed by atoms with Gasteiger partial charge in [0.2, 0.25) is 0 Å². The van der Waals surface area contributed by atoms with Crippen molar-refractivity contribution >= 4 is 29.6 Å². The lowest BCUT2D eigenvalue weighted by molar-refractivity contribution is -0.122. The van der Waals surface area contributed by atoms with E-state index in [1.807, 2.05) is 25.1 Å². The topological polar surface area (TPSA) is 66.5 Å². The van der Waals surface area contributed by atoms with Crippen LogP contribution in [0.4, 0.5) is 14.9 Å². The molecule has 0 atom stereocenters. The predicted octanol–water partition coefficient (Wildman–Crippen LogP) is 4.39. The molecule has 0 aliphatic carbocycles. The molecule has 31 heavy (non-hydrogen) atoms. The van der Waals surface area contributed by atoms with Crippen molar-refractivity contribution in [3.8, 4) is 0 Å². The lowest BCUT2D eigenvalue weighted by Crippen LogP contribution is -2.54. The van der Waals surface area contributed by atoms with Crippen LogP contribution in [0, 0.1) is 12.7 Å². The number of carbonyl (C=O) groups excluding carboxylic acids is 3. The molecule has 3 aromatic carbocycles. The molecule has 0 saturated carbocycles. The minimum absolute atomic E-state index is 0.136. The van der Waals surface area contributed by atoms with Gasteiger partial charge < -0.3 is 0 Å². The quantitative estimate of drug-likeness (QED) is 0.509. The molecule has 1 fully saturated rings. The zero-order valence-electron chi connectivity index (χ0n) is 16.8. The number of hydrogen-bond donors (Lipinski definition) is 1. The normalized spacial score (nSPS) is 15.4. The zero-order valence-corrected chi connectivity index (χ0v) is 16.8. The van der Waals surface area contributed by atoms with Gasteiger partial charge in [-0.05, 0) is 53.5 Å². The van der Waals surface area contributed by atoms with Gasteiger partial charge >= 0.3 is 6.03 Å². The van der Waals surface area contributed by atoms with E-state index in [0.29, 0.717) is 23.2 Å². The fourth-order valence-electron chi connectivity index (χ4n) is 3.42. The summed E-state index contributed by atoms with van der Waals surface area (Å²) >= 11 is 0. The molecule has 1 aliphatic rings. The highest BCUT2D eigenvalue weighted by atomic mass is 19.1. The van der Waals surface area contributed by atoms with Gasteiger partial charge in [-0.1, -0.05) is 54.6 Å². The number of nitrogens with one attached hydrogen (secondary N) is 1. The van der Waals surface area contributed by atoms with E-state index in [-0.39, 0.29) is 11.4 Å². The monoisotopic (exact) mass is 414 g/mol. The predicted molar refractivity (Wildman–Crippen MR) is 116 cm³/mol. The summed E-state index contributed by atoms with van der Waals surface area (Å²) in [4.78, 5) is 38.5. The number of rotatable bonds is 4.